The molecule has 0 bridgehead atoms. The molecule has 2 aromatic carbocycles. The smallest absolute Gasteiger partial charge is 0.416 e. The maximum atomic E-state index is 12.4. The van der Waals surface area contributed by atoms with Crippen LogP contribution in [0.3, 0.4) is 0 Å². The van der Waals surface area contributed by atoms with Crippen molar-refractivity contribution in [3.63, 3.8) is 0 Å². The average Bonchev–Trinajstić information content (AvgIpc) is 3.06. The molecule has 3 nitrogen and oxygen atoms in total. The Balaban J connectivity index is 2.04. The van der Waals surface area contributed by atoms with Crippen LogP contribution in [0.2, 0.25) is 0 Å². The summed E-state index contributed by atoms with van der Waals surface area (Å²) in [6, 6.07) is 19.7. The van der Waals surface area contributed by atoms with Gasteiger partial charge in [0.05, 0.1) is 0 Å². The van der Waals surface area contributed by atoms with Crippen LogP contribution in [0, 0.1) is 0 Å². The van der Waals surface area contributed by atoms with Gasteiger partial charge in [-0.05, 0) is 6.42 Å². The fourth-order valence-corrected chi connectivity index (χ4v) is 3.43. The van der Waals surface area contributed by atoms with Gasteiger partial charge < -0.3 is 8.97 Å². The maximum absolute atomic E-state index is 12.4. The molecule has 0 saturated heterocycles. The predicted octanol–water partition coefficient (Wildman–Crippen LogP) is 4.92. The molecule has 0 aliphatic heterocycles. The molecule has 1 unspecified atom stereocenters. The zero-order valence-electron chi connectivity index (χ0n) is 13.1. The Hall–Kier alpha value is -2.04. The van der Waals surface area contributed by atoms with Crippen LogP contribution in [-0.4, -0.2) is 15.3 Å². The Morgan fingerprint density at radius 3 is 2.17 bits per heavy atom. The molecule has 0 amide bonds. The highest BCUT2D eigenvalue weighted by atomic mass is 32.2. The van der Waals surface area contributed by atoms with Crippen LogP contribution in [0.25, 0.3) is 22.6 Å². The molecule has 4 heteroatoms. The van der Waals surface area contributed by atoms with Crippen molar-refractivity contribution < 1.29 is 8.97 Å². The predicted molar refractivity (Wildman–Crippen MR) is 93.6 cm³/mol. The first-order chi connectivity index (χ1) is 11.3. The van der Waals surface area contributed by atoms with E-state index in [9.17, 15) is 4.55 Å². The van der Waals surface area contributed by atoms with Gasteiger partial charge in [0.2, 0.25) is 0 Å². The third kappa shape index (κ3) is 3.66. The molecule has 1 atom stereocenters. The van der Waals surface area contributed by atoms with Gasteiger partial charge >= 0.3 is 5.22 Å². The monoisotopic (exact) mass is 325 g/mol. The summed E-state index contributed by atoms with van der Waals surface area (Å²) in [4.78, 5) is 4.54. The van der Waals surface area contributed by atoms with Gasteiger partial charge in [0.25, 0.3) is 0 Å². The molecule has 0 radical (unpaired) electrons. The minimum absolute atomic E-state index is 0.316. The zero-order chi connectivity index (χ0) is 16.1. The normalized spacial score (nSPS) is 12.3. The highest BCUT2D eigenvalue weighted by Crippen LogP contribution is 2.34. The molecule has 3 aromatic rings. The molecule has 0 saturated carbocycles. The van der Waals surface area contributed by atoms with E-state index in [1.54, 1.807) is 0 Å². The van der Waals surface area contributed by atoms with Crippen LogP contribution in [0.15, 0.2) is 70.3 Å². The molecule has 1 heterocycles. The Morgan fingerprint density at radius 1 is 0.957 bits per heavy atom. The highest BCUT2D eigenvalue weighted by molar-refractivity contribution is 7.91. The highest BCUT2D eigenvalue weighted by Gasteiger charge is 2.24. The van der Waals surface area contributed by atoms with Crippen molar-refractivity contribution >= 4 is 11.2 Å². The second kappa shape index (κ2) is 7.49. The lowest BCUT2D eigenvalue weighted by Gasteiger charge is -2.03. The van der Waals surface area contributed by atoms with Crippen molar-refractivity contribution in [1.82, 2.24) is 4.98 Å². The summed E-state index contributed by atoms with van der Waals surface area (Å²) in [5.41, 5.74) is 2.66. The number of oxazole rings is 1. The zero-order valence-corrected chi connectivity index (χ0v) is 13.9. The molecule has 0 fully saturated rings. The first-order valence-corrected chi connectivity index (χ1v) is 9.11. The lowest BCUT2D eigenvalue weighted by molar-refractivity contribution is 0.439. The van der Waals surface area contributed by atoms with Gasteiger partial charge in [-0.3, -0.25) is 0 Å². The van der Waals surface area contributed by atoms with E-state index < -0.39 is 11.2 Å². The van der Waals surface area contributed by atoms with Gasteiger partial charge in [0.1, 0.15) is 11.4 Å². The molecule has 23 heavy (non-hydrogen) atoms. The maximum Gasteiger partial charge on any atom is 0.416 e. The lowest BCUT2D eigenvalue weighted by Crippen LogP contribution is -2.06. The van der Waals surface area contributed by atoms with Crippen molar-refractivity contribution in [1.29, 1.82) is 0 Å². The first kappa shape index (κ1) is 15.8. The molecule has 0 aliphatic rings. The van der Waals surface area contributed by atoms with Crippen LogP contribution < -0.4 is 0 Å². The number of aromatic nitrogens is 1. The second-order valence-corrected chi connectivity index (χ2v) is 6.74. The molecule has 1 aromatic heterocycles. The van der Waals surface area contributed by atoms with Crippen LogP contribution in [0.4, 0.5) is 0 Å². The minimum Gasteiger partial charge on any atom is -0.608 e. The summed E-state index contributed by atoms with van der Waals surface area (Å²) < 4.78 is 18.3. The van der Waals surface area contributed by atoms with E-state index in [0.29, 0.717) is 16.7 Å². The van der Waals surface area contributed by atoms with Crippen molar-refractivity contribution in [3.05, 3.63) is 60.7 Å². The van der Waals surface area contributed by atoms with E-state index >= 15 is 0 Å². The van der Waals surface area contributed by atoms with Crippen LogP contribution >= 0.6 is 0 Å². The van der Waals surface area contributed by atoms with Gasteiger partial charge in [-0.2, -0.15) is 4.98 Å². The molecular formula is C19H19NO2S. The number of rotatable bonds is 6. The Kier molecular flexibility index (Phi) is 5.16. The van der Waals surface area contributed by atoms with E-state index in [0.717, 1.165) is 29.7 Å². The van der Waals surface area contributed by atoms with E-state index in [1.165, 1.54) is 0 Å². The van der Waals surface area contributed by atoms with E-state index in [2.05, 4.69) is 11.9 Å². The number of benzene rings is 2. The van der Waals surface area contributed by atoms with Gasteiger partial charge in [-0.25, -0.2) is 0 Å². The van der Waals surface area contributed by atoms with Crippen LogP contribution in [0.5, 0.6) is 0 Å². The van der Waals surface area contributed by atoms with Gasteiger partial charge in [0.15, 0.2) is 5.76 Å². The van der Waals surface area contributed by atoms with Crippen molar-refractivity contribution in [3.8, 4) is 22.6 Å². The van der Waals surface area contributed by atoms with Crippen LogP contribution in [-0.2, 0) is 11.2 Å². The standard InChI is InChI=1S/C19H19NO2S/c1-2-3-14-23(21)19-20-17(15-10-6-4-7-11-15)18(22-19)16-12-8-5-9-13-16/h4-13H,2-3,14H2,1H3. The number of hydrogen-bond donors (Lipinski definition) is 0. The van der Waals surface area contributed by atoms with Crippen molar-refractivity contribution in [2.24, 2.45) is 0 Å². The largest absolute Gasteiger partial charge is 0.608 e. The summed E-state index contributed by atoms with van der Waals surface area (Å²) in [5.74, 6) is 1.26. The SMILES string of the molecule is CCCC[S+]([O-])c1nc(-c2ccccc2)c(-c2ccccc2)o1. The topological polar surface area (TPSA) is 49.1 Å². The molecule has 118 valence electrons. The summed E-state index contributed by atoms with van der Waals surface area (Å²) >= 11 is -1.20. The lowest BCUT2D eigenvalue weighted by atomic mass is 10.1. The van der Waals surface area contributed by atoms with Gasteiger partial charge in [-0.1, -0.05) is 74.0 Å². The fourth-order valence-electron chi connectivity index (χ4n) is 2.34. The Bertz CT molecular complexity index is 684. The third-order valence-electron chi connectivity index (χ3n) is 3.57. The summed E-state index contributed by atoms with van der Waals surface area (Å²) in [6.07, 6.45) is 1.90. The van der Waals surface area contributed by atoms with Gasteiger partial charge in [-0.15, -0.1) is 0 Å². The van der Waals surface area contributed by atoms with E-state index in [-0.39, 0.29) is 0 Å². The molecule has 0 spiro atoms. The Labute approximate surface area is 139 Å². The average molecular weight is 325 g/mol. The molecule has 3 rings (SSSR count). The number of nitrogens with zero attached hydrogens (tertiary/aromatic N) is 1. The van der Waals surface area contributed by atoms with Crippen molar-refractivity contribution in [2.45, 2.75) is 25.0 Å². The summed E-state index contributed by atoms with van der Waals surface area (Å²) in [7, 11) is 0. The number of unbranched alkanes of at least 4 members (excludes halogenated alkanes) is 1. The fraction of sp³-hybridized carbons (Fsp3) is 0.211. The van der Waals surface area contributed by atoms with E-state index in [4.69, 9.17) is 4.42 Å². The van der Waals surface area contributed by atoms with Crippen LogP contribution in [0.1, 0.15) is 19.8 Å². The Morgan fingerprint density at radius 2 is 1.57 bits per heavy atom. The summed E-state index contributed by atoms with van der Waals surface area (Å²) in [5, 5.41) is 0.316. The van der Waals surface area contributed by atoms with Crippen molar-refractivity contribution in [2.75, 3.05) is 5.75 Å². The first-order valence-electron chi connectivity index (χ1n) is 7.79. The second-order valence-electron chi connectivity index (χ2n) is 5.29. The number of hydrogen-bond acceptors (Lipinski definition) is 3. The quantitative estimate of drug-likeness (QED) is 0.605. The molecule has 0 N–H and O–H groups in total. The molecule has 0 aliphatic carbocycles. The minimum atomic E-state index is -1.20. The molecular weight excluding hydrogens is 306 g/mol. The summed E-state index contributed by atoms with van der Waals surface area (Å²) in [6.45, 7) is 2.08. The van der Waals surface area contributed by atoms with Gasteiger partial charge in [0, 0.05) is 22.3 Å². The third-order valence-corrected chi connectivity index (χ3v) is 4.79. The van der Waals surface area contributed by atoms with E-state index in [1.807, 2.05) is 60.7 Å².